The SMILES string of the molecule is C[C@@H]1[C@H](C)CCC[C@@H]1NC(=O)CN1C(=O)N[C@]2(CCCC[C@H]2C)C1=O. The maximum absolute atomic E-state index is 12.9. The Bertz CT molecular complexity index is 564. The quantitative estimate of drug-likeness (QED) is 0.768. The van der Waals surface area contributed by atoms with E-state index in [0.717, 1.165) is 37.0 Å². The first-order chi connectivity index (χ1) is 11.8. The fourth-order valence-electron chi connectivity index (χ4n) is 4.82. The number of imide groups is 1. The van der Waals surface area contributed by atoms with Crippen molar-refractivity contribution in [1.29, 1.82) is 0 Å². The van der Waals surface area contributed by atoms with Crippen LogP contribution in [0.3, 0.4) is 0 Å². The molecule has 3 fully saturated rings. The van der Waals surface area contributed by atoms with Crippen LogP contribution in [-0.2, 0) is 9.59 Å². The maximum atomic E-state index is 12.9. The van der Waals surface area contributed by atoms with Crippen molar-refractivity contribution in [3.05, 3.63) is 0 Å². The third-order valence-corrected chi connectivity index (χ3v) is 6.86. The molecule has 1 spiro atoms. The van der Waals surface area contributed by atoms with E-state index in [1.54, 1.807) is 0 Å². The number of amides is 4. The Morgan fingerprint density at radius 2 is 1.92 bits per heavy atom. The van der Waals surface area contributed by atoms with Crippen LogP contribution in [0.1, 0.15) is 65.7 Å². The molecule has 2 N–H and O–H groups in total. The Labute approximate surface area is 150 Å². The number of rotatable bonds is 3. The number of nitrogens with zero attached hydrogens (tertiary/aromatic N) is 1. The van der Waals surface area contributed by atoms with Crippen molar-refractivity contribution in [2.45, 2.75) is 77.3 Å². The summed E-state index contributed by atoms with van der Waals surface area (Å²) in [5.74, 6) is 0.678. The summed E-state index contributed by atoms with van der Waals surface area (Å²) in [7, 11) is 0. The molecule has 4 amide bonds. The van der Waals surface area contributed by atoms with E-state index in [4.69, 9.17) is 0 Å². The Morgan fingerprint density at radius 3 is 2.64 bits per heavy atom. The largest absolute Gasteiger partial charge is 0.352 e. The van der Waals surface area contributed by atoms with Crippen molar-refractivity contribution in [3.8, 4) is 0 Å². The summed E-state index contributed by atoms with van der Waals surface area (Å²) in [4.78, 5) is 38.9. The summed E-state index contributed by atoms with van der Waals surface area (Å²) >= 11 is 0. The molecule has 0 aromatic carbocycles. The molecule has 6 heteroatoms. The number of hydrogen-bond donors (Lipinski definition) is 2. The zero-order valence-electron chi connectivity index (χ0n) is 15.6. The van der Waals surface area contributed by atoms with E-state index in [2.05, 4.69) is 24.5 Å². The van der Waals surface area contributed by atoms with E-state index in [1.165, 1.54) is 6.42 Å². The lowest BCUT2D eigenvalue weighted by Crippen LogP contribution is -2.54. The van der Waals surface area contributed by atoms with Crippen LogP contribution in [0.5, 0.6) is 0 Å². The van der Waals surface area contributed by atoms with Crippen LogP contribution in [0.4, 0.5) is 4.79 Å². The van der Waals surface area contributed by atoms with Gasteiger partial charge in [0.2, 0.25) is 5.91 Å². The fourth-order valence-corrected chi connectivity index (χ4v) is 4.82. The van der Waals surface area contributed by atoms with Gasteiger partial charge >= 0.3 is 6.03 Å². The highest BCUT2D eigenvalue weighted by atomic mass is 16.2. The fraction of sp³-hybridized carbons (Fsp3) is 0.842. The van der Waals surface area contributed by atoms with E-state index in [-0.39, 0.29) is 30.3 Å². The number of carbonyl (C=O) groups excluding carboxylic acids is 3. The van der Waals surface area contributed by atoms with Gasteiger partial charge in [0.15, 0.2) is 0 Å². The van der Waals surface area contributed by atoms with Crippen molar-refractivity contribution < 1.29 is 14.4 Å². The van der Waals surface area contributed by atoms with Crippen LogP contribution in [0.25, 0.3) is 0 Å². The third-order valence-electron chi connectivity index (χ3n) is 6.86. The molecule has 0 bridgehead atoms. The van der Waals surface area contributed by atoms with Gasteiger partial charge in [-0.05, 0) is 37.0 Å². The highest BCUT2D eigenvalue weighted by molar-refractivity contribution is 6.09. The van der Waals surface area contributed by atoms with Crippen molar-refractivity contribution >= 4 is 17.8 Å². The molecule has 1 saturated heterocycles. The summed E-state index contributed by atoms with van der Waals surface area (Å²) in [6.07, 6.45) is 6.91. The summed E-state index contributed by atoms with van der Waals surface area (Å²) in [5, 5.41) is 5.96. The smallest absolute Gasteiger partial charge is 0.325 e. The molecule has 5 atom stereocenters. The van der Waals surface area contributed by atoms with Crippen LogP contribution >= 0.6 is 0 Å². The molecule has 1 heterocycles. The number of carbonyl (C=O) groups is 3. The van der Waals surface area contributed by atoms with Crippen LogP contribution < -0.4 is 10.6 Å². The first kappa shape index (κ1) is 18.2. The van der Waals surface area contributed by atoms with Gasteiger partial charge in [-0.3, -0.25) is 14.5 Å². The lowest BCUT2D eigenvalue weighted by molar-refractivity contribution is -0.137. The highest BCUT2D eigenvalue weighted by Gasteiger charge is 2.55. The van der Waals surface area contributed by atoms with Crippen molar-refractivity contribution in [1.82, 2.24) is 15.5 Å². The number of urea groups is 1. The number of nitrogens with one attached hydrogen (secondary N) is 2. The van der Waals surface area contributed by atoms with E-state index < -0.39 is 11.6 Å². The highest BCUT2D eigenvalue weighted by Crippen LogP contribution is 2.38. The van der Waals surface area contributed by atoms with Crippen LogP contribution in [-0.4, -0.2) is 40.9 Å². The van der Waals surface area contributed by atoms with Gasteiger partial charge in [0.1, 0.15) is 12.1 Å². The molecule has 2 saturated carbocycles. The van der Waals surface area contributed by atoms with Crippen molar-refractivity contribution in [3.63, 3.8) is 0 Å². The summed E-state index contributed by atoms with van der Waals surface area (Å²) < 4.78 is 0. The predicted octanol–water partition coefficient (Wildman–Crippen LogP) is 2.43. The minimum Gasteiger partial charge on any atom is -0.352 e. The van der Waals surface area contributed by atoms with Gasteiger partial charge in [-0.15, -0.1) is 0 Å². The molecule has 2 aliphatic carbocycles. The summed E-state index contributed by atoms with van der Waals surface area (Å²) in [6, 6.07) is -0.279. The van der Waals surface area contributed by atoms with Crippen molar-refractivity contribution in [2.24, 2.45) is 17.8 Å². The average molecular weight is 349 g/mol. The first-order valence-corrected chi connectivity index (χ1v) is 9.78. The van der Waals surface area contributed by atoms with Crippen LogP contribution in [0.2, 0.25) is 0 Å². The van der Waals surface area contributed by atoms with E-state index in [9.17, 15) is 14.4 Å². The van der Waals surface area contributed by atoms with E-state index in [0.29, 0.717) is 18.3 Å². The molecule has 3 rings (SSSR count). The minimum absolute atomic E-state index is 0.116. The molecule has 0 aromatic heterocycles. The van der Waals surface area contributed by atoms with Gasteiger partial charge < -0.3 is 10.6 Å². The molecule has 140 valence electrons. The molecule has 0 aromatic rings. The third kappa shape index (κ3) is 3.27. The van der Waals surface area contributed by atoms with Crippen LogP contribution in [0, 0.1) is 17.8 Å². The molecule has 0 radical (unpaired) electrons. The van der Waals surface area contributed by atoms with Gasteiger partial charge in [0.25, 0.3) is 5.91 Å². The Balaban J connectivity index is 1.63. The molecular formula is C19H31N3O3. The molecular weight excluding hydrogens is 318 g/mol. The molecule has 6 nitrogen and oxygen atoms in total. The molecule has 3 aliphatic rings. The maximum Gasteiger partial charge on any atom is 0.325 e. The number of hydrogen-bond acceptors (Lipinski definition) is 3. The summed E-state index contributed by atoms with van der Waals surface area (Å²) in [6.45, 7) is 6.23. The average Bonchev–Trinajstić information content (AvgIpc) is 2.80. The molecule has 1 aliphatic heterocycles. The van der Waals surface area contributed by atoms with Gasteiger partial charge in [0.05, 0.1) is 0 Å². The minimum atomic E-state index is -0.789. The summed E-state index contributed by atoms with van der Waals surface area (Å²) in [5.41, 5.74) is -0.789. The normalized spacial score (nSPS) is 38.8. The Hall–Kier alpha value is -1.59. The van der Waals surface area contributed by atoms with Gasteiger partial charge in [-0.1, -0.05) is 46.5 Å². The Kier molecular flexibility index (Phi) is 5.07. The molecule has 0 unspecified atom stereocenters. The zero-order chi connectivity index (χ0) is 18.2. The lowest BCUT2D eigenvalue weighted by Gasteiger charge is -2.37. The second kappa shape index (κ2) is 6.96. The van der Waals surface area contributed by atoms with Gasteiger partial charge in [0, 0.05) is 6.04 Å². The zero-order valence-corrected chi connectivity index (χ0v) is 15.6. The second-order valence-corrected chi connectivity index (χ2v) is 8.38. The van der Waals surface area contributed by atoms with E-state index >= 15 is 0 Å². The van der Waals surface area contributed by atoms with Crippen LogP contribution in [0.15, 0.2) is 0 Å². The topological polar surface area (TPSA) is 78.5 Å². The van der Waals surface area contributed by atoms with Crippen molar-refractivity contribution in [2.75, 3.05) is 6.54 Å². The first-order valence-electron chi connectivity index (χ1n) is 9.78. The predicted molar refractivity (Wildman–Crippen MR) is 94.7 cm³/mol. The monoisotopic (exact) mass is 349 g/mol. The second-order valence-electron chi connectivity index (χ2n) is 8.38. The van der Waals surface area contributed by atoms with Gasteiger partial charge in [-0.2, -0.15) is 0 Å². The lowest BCUT2D eigenvalue weighted by atomic mass is 9.73. The van der Waals surface area contributed by atoms with E-state index in [1.807, 2.05) is 6.92 Å². The Morgan fingerprint density at radius 1 is 1.16 bits per heavy atom. The van der Waals surface area contributed by atoms with Gasteiger partial charge in [-0.25, -0.2) is 4.79 Å². The molecule has 25 heavy (non-hydrogen) atoms. The standard InChI is InChI=1S/C19H31N3O3/c1-12-7-6-9-15(14(12)3)20-16(23)11-22-17(24)19(21-18(22)25)10-5-4-8-13(19)2/h12-15H,4-11H2,1-3H3,(H,20,23)(H,21,25)/t12-,13-,14-,15+,19+/m1/s1.